The molecule has 0 bridgehead atoms. The van der Waals surface area contributed by atoms with Crippen LogP contribution in [0.3, 0.4) is 0 Å². The van der Waals surface area contributed by atoms with Crippen molar-refractivity contribution < 1.29 is 4.74 Å². The quantitative estimate of drug-likeness (QED) is 0.763. The van der Waals surface area contributed by atoms with Crippen LogP contribution in [0.1, 0.15) is 17.9 Å². The molecule has 1 saturated carbocycles. The van der Waals surface area contributed by atoms with Gasteiger partial charge in [-0.3, -0.25) is 0 Å². The van der Waals surface area contributed by atoms with E-state index in [1.807, 2.05) is 12.1 Å². The second-order valence-corrected chi connectivity index (χ2v) is 3.58. The van der Waals surface area contributed by atoms with E-state index in [4.69, 9.17) is 10.5 Å². The largest absolute Gasteiger partial charge is 0.496 e. The number of benzene rings is 1. The molecule has 13 heavy (non-hydrogen) atoms. The third kappa shape index (κ3) is 1.54. The van der Waals surface area contributed by atoms with Crippen molar-refractivity contribution in [3.05, 3.63) is 29.8 Å². The lowest BCUT2D eigenvalue weighted by molar-refractivity contribution is 0.409. The molecule has 2 nitrogen and oxygen atoms in total. The Kier molecular flexibility index (Phi) is 2.23. The first kappa shape index (κ1) is 8.57. The van der Waals surface area contributed by atoms with Gasteiger partial charge in [-0.05, 0) is 36.4 Å². The van der Waals surface area contributed by atoms with Crippen molar-refractivity contribution in [3.8, 4) is 5.75 Å². The number of hydrogen-bond acceptors (Lipinski definition) is 2. The molecule has 0 aliphatic heterocycles. The molecule has 1 aliphatic rings. The van der Waals surface area contributed by atoms with Gasteiger partial charge in [0.1, 0.15) is 5.75 Å². The van der Waals surface area contributed by atoms with Gasteiger partial charge in [-0.25, -0.2) is 0 Å². The molecule has 0 unspecified atom stereocenters. The molecule has 0 aromatic heterocycles. The number of nitrogens with two attached hydrogens (primary N) is 1. The van der Waals surface area contributed by atoms with Crippen molar-refractivity contribution in [2.75, 3.05) is 13.7 Å². The molecule has 0 heterocycles. The highest BCUT2D eigenvalue weighted by Crippen LogP contribution is 2.49. The zero-order chi connectivity index (χ0) is 9.26. The topological polar surface area (TPSA) is 35.2 Å². The van der Waals surface area contributed by atoms with E-state index < -0.39 is 0 Å². The van der Waals surface area contributed by atoms with Crippen LogP contribution in [0, 0.1) is 5.92 Å². The van der Waals surface area contributed by atoms with Crippen LogP contribution in [0.2, 0.25) is 0 Å². The summed E-state index contributed by atoms with van der Waals surface area (Å²) in [4.78, 5) is 0. The van der Waals surface area contributed by atoms with Crippen molar-refractivity contribution in [2.45, 2.75) is 12.3 Å². The van der Waals surface area contributed by atoms with E-state index in [2.05, 4.69) is 12.1 Å². The fourth-order valence-electron chi connectivity index (χ4n) is 1.86. The summed E-state index contributed by atoms with van der Waals surface area (Å²) in [6, 6.07) is 8.21. The minimum absolute atomic E-state index is 0.640. The zero-order valence-corrected chi connectivity index (χ0v) is 7.86. The normalized spacial score (nSPS) is 25.7. The molecule has 1 aromatic rings. The van der Waals surface area contributed by atoms with Gasteiger partial charge in [-0.1, -0.05) is 18.2 Å². The van der Waals surface area contributed by atoms with Crippen LogP contribution >= 0.6 is 0 Å². The molecule has 0 spiro atoms. The Hall–Kier alpha value is -1.02. The van der Waals surface area contributed by atoms with Crippen molar-refractivity contribution >= 4 is 0 Å². The molecule has 1 aliphatic carbocycles. The Morgan fingerprint density at radius 3 is 2.85 bits per heavy atom. The average molecular weight is 177 g/mol. The average Bonchev–Trinajstić information content (AvgIpc) is 2.96. The molecule has 1 fully saturated rings. The maximum Gasteiger partial charge on any atom is 0.122 e. The monoisotopic (exact) mass is 177 g/mol. The van der Waals surface area contributed by atoms with Crippen LogP contribution in [0.15, 0.2) is 24.3 Å². The number of ether oxygens (including phenoxy) is 1. The van der Waals surface area contributed by atoms with E-state index in [9.17, 15) is 0 Å². The number of rotatable bonds is 3. The highest BCUT2D eigenvalue weighted by Gasteiger charge is 2.38. The molecule has 0 saturated heterocycles. The Morgan fingerprint density at radius 1 is 1.46 bits per heavy atom. The van der Waals surface area contributed by atoms with Crippen LogP contribution in [-0.4, -0.2) is 13.7 Å². The maximum atomic E-state index is 5.61. The Balaban J connectivity index is 2.20. The summed E-state index contributed by atoms with van der Waals surface area (Å²) in [5.74, 6) is 2.32. The Morgan fingerprint density at radius 2 is 2.23 bits per heavy atom. The molecule has 1 aromatic carbocycles. The Bertz CT molecular complexity index is 298. The smallest absolute Gasteiger partial charge is 0.122 e. The van der Waals surface area contributed by atoms with Gasteiger partial charge in [0, 0.05) is 0 Å². The summed E-state index contributed by atoms with van der Waals surface area (Å²) >= 11 is 0. The fraction of sp³-hybridized carbons (Fsp3) is 0.455. The van der Waals surface area contributed by atoms with E-state index in [1.165, 1.54) is 12.0 Å². The molecular weight excluding hydrogens is 162 g/mol. The summed E-state index contributed by atoms with van der Waals surface area (Å²) < 4.78 is 5.30. The summed E-state index contributed by atoms with van der Waals surface area (Å²) in [7, 11) is 1.72. The Labute approximate surface area is 78.7 Å². The van der Waals surface area contributed by atoms with Crippen LogP contribution in [0.4, 0.5) is 0 Å². The van der Waals surface area contributed by atoms with Crippen molar-refractivity contribution in [1.29, 1.82) is 0 Å². The molecule has 2 N–H and O–H groups in total. The first-order valence-corrected chi connectivity index (χ1v) is 4.69. The third-order valence-corrected chi connectivity index (χ3v) is 2.76. The first-order chi connectivity index (χ1) is 6.36. The molecule has 0 radical (unpaired) electrons. The van der Waals surface area contributed by atoms with Gasteiger partial charge in [0.2, 0.25) is 0 Å². The highest BCUT2D eigenvalue weighted by molar-refractivity contribution is 5.39. The predicted octanol–water partition coefficient (Wildman–Crippen LogP) is 1.76. The van der Waals surface area contributed by atoms with Crippen LogP contribution in [0.25, 0.3) is 0 Å². The summed E-state index contributed by atoms with van der Waals surface area (Å²) in [6.07, 6.45) is 1.22. The molecule has 2 rings (SSSR count). The van der Waals surface area contributed by atoms with Gasteiger partial charge >= 0.3 is 0 Å². The van der Waals surface area contributed by atoms with Gasteiger partial charge in [0.25, 0.3) is 0 Å². The first-order valence-electron chi connectivity index (χ1n) is 4.69. The number of para-hydroxylation sites is 1. The van der Waals surface area contributed by atoms with Gasteiger partial charge in [0.15, 0.2) is 0 Å². The van der Waals surface area contributed by atoms with E-state index in [0.29, 0.717) is 11.8 Å². The predicted molar refractivity (Wildman–Crippen MR) is 52.9 cm³/mol. The zero-order valence-electron chi connectivity index (χ0n) is 7.86. The third-order valence-electron chi connectivity index (χ3n) is 2.76. The van der Waals surface area contributed by atoms with Gasteiger partial charge in [0.05, 0.1) is 7.11 Å². The second-order valence-electron chi connectivity index (χ2n) is 3.58. The molecular formula is C11H15NO. The van der Waals surface area contributed by atoms with Crippen LogP contribution < -0.4 is 10.5 Å². The van der Waals surface area contributed by atoms with Crippen molar-refractivity contribution in [3.63, 3.8) is 0 Å². The summed E-state index contributed by atoms with van der Waals surface area (Å²) in [6.45, 7) is 0.794. The standard InChI is InChI=1S/C11H15NO/c1-13-11-5-3-2-4-9(11)10-6-8(10)7-12/h2-5,8,10H,6-7,12H2,1H3/t8-,10-/m1/s1. The van der Waals surface area contributed by atoms with E-state index >= 15 is 0 Å². The SMILES string of the molecule is COc1ccccc1[C@@H]1C[C@@H]1CN. The molecule has 70 valence electrons. The van der Waals surface area contributed by atoms with Crippen LogP contribution in [-0.2, 0) is 0 Å². The number of methoxy groups -OCH3 is 1. The second kappa shape index (κ2) is 3.38. The van der Waals surface area contributed by atoms with Crippen LogP contribution in [0.5, 0.6) is 5.75 Å². The van der Waals surface area contributed by atoms with E-state index in [1.54, 1.807) is 7.11 Å². The maximum absolute atomic E-state index is 5.61. The summed E-state index contributed by atoms with van der Waals surface area (Å²) in [5, 5.41) is 0. The van der Waals surface area contributed by atoms with Crippen molar-refractivity contribution in [2.24, 2.45) is 11.7 Å². The minimum atomic E-state index is 0.640. The molecule has 2 atom stereocenters. The lowest BCUT2D eigenvalue weighted by atomic mass is 10.1. The summed E-state index contributed by atoms with van der Waals surface area (Å²) in [5.41, 5.74) is 6.93. The van der Waals surface area contributed by atoms with E-state index in [0.717, 1.165) is 12.3 Å². The minimum Gasteiger partial charge on any atom is -0.496 e. The van der Waals surface area contributed by atoms with Gasteiger partial charge < -0.3 is 10.5 Å². The lowest BCUT2D eigenvalue weighted by Gasteiger charge is -2.06. The molecule has 2 heteroatoms. The lowest BCUT2D eigenvalue weighted by Crippen LogP contribution is -2.02. The van der Waals surface area contributed by atoms with Gasteiger partial charge in [-0.15, -0.1) is 0 Å². The van der Waals surface area contributed by atoms with Gasteiger partial charge in [-0.2, -0.15) is 0 Å². The fourth-order valence-corrected chi connectivity index (χ4v) is 1.86. The highest BCUT2D eigenvalue weighted by atomic mass is 16.5. The van der Waals surface area contributed by atoms with E-state index in [-0.39, 0.29) is 0 Å². The number of hydrogen-bond donors (Lipinski definition) is 1. The molecule has 0 amide bonds. The van der Waals surface area contributed by atoms with Crippen molar-refractivity contribution in [1.82, 2.24) is 0 Å².